The van der Waals surface area contributed by atoms with Gasteiger partial charge in [0.2, 0.25) is 15.9 Å². The van der Waals surface area contributed by atoms with Crippen LogP contribution in [0.25, 0.3) is 22.6 Å². The monoisotopic (exact) mass is 509 g/mol. The van der Waals surface area contributed by atoms with Crippen molar-refractivity contribution in [2.24, 2.45) is 0 Å². The van der Waals surface area contributed by atoms with Gasteiger partial charge in [0.1, 0.15) is 5.52 Å². The number of sulfonamides is 1. The zero-order chi connectivity index (χ0) is 25.4. The van der Waals surface area contributed by atoms with E-state index in [0.717, 1.165) is 16.6 Å². The number of aromatic nitrogens is 1. The first kappa shape index (κ1) is 23.1. The summed E-state index contributed by atoms with van der Waals surface area (Å²) < 4.78 is 33.7. The van der Waals surface area contributed by atoms with Crippen molar-refractivity contribution in [3.8, 4) is 11.5 Å². The largest absolute Gasteiger partial charge is 0.436 e. The Bertz CT molecular complexity index is 1680. The second kappa shape index (κ2) is 9.31. The Labute approximate surface area is 214 Å². The first-order valence-electron chi connectivity index (χ1n) is 11.9. The molecule has 6 rings (SSSR count). The van der Waals surface area contributed by atoms with Crippen LogP contribution in [0.2, 0.25) is 0 Å². The number of hydrogen-bond donors (Lipinski definition) is 1. The van der Waals surface area contributed by atoms with Crippen LogP contribution in [0.3, 0.4) is 0 Å². The van der Waals surface area contributed by atoms with Crippen LogP contribution < -0.4 is 5.32 Å². The van der Waals surface area contributed by atoms with Crippen molar-refractivity contribution in [2.45, 2.75) is 17.9 Å². The number of anilines is 1. The van der Waals surface area contributed by atoms with Crippen molar-refractivity contribution < 1.29 is 17.6 Å². The van der Waals surface area contributed by atoms with Gasteiger partial charge in [-0.15, -0.1) is 0 Å². The van der Waals surface area contributed by atoms with Crippen molar-refractivity contribution in [2.75, 3.05) is 11.9 Å². The van der Waals surface area contributed by atoms with Gasteiger partial charge in [0.15, 0.2) is 5.58 Å². The Morgan fingerprint density at radius 2 is 1.54 bits per heavy atom. The Morgan fingerprint density at radius 1 is 0.838 bits per heavy atom. The molecule has 1 aromatic heterocycles. The Hall–Kier alpha value is -4.27. The molecule has 7 nitrogen and oxygen atoms in total. The highest BCUT2D eigenvalue weighted by molar-refractivity contribution is 7.89. The Kier molecular flexibility index (Phi) is 5.82. The lowest BCUT2D eigenvalue weighted by Gasteiger charge is -2.28. The smallest absolute Gasteiger partial charge is 0.255 e. The molecule has 0 radical (unpaired) electrons. The molecule has 0 saturated carbocycles. The van der Waals surface area contributed by atoms with E-state index in [0.29, 0.717) is 42.2 Å². The van der Waals surface area contributed by atoms with Gasteiger partial charge in [-0.05, 0) is 78.2 Å². The molecule has 1 N–H and O–H groups in total. The summed E-state index contributed by atoms with van der Waals surface area (Å²) in [6.45, 7) is 0.779. The number of nitrogens with one attached hydrogen (secondary N) is 1. The number of nitrogens with zero attached hydrogens (tertiary/aromatic N) is 2. The first-order valence-corrected chi connectivity index (χ1v) is 13.4. The quantitative estimate of drug-likeness (QED) is 0.338. The van der Waals surface area contributed by atoms with Crippen LogP contribution in [0.4, 0.5) is 5.69 Å². The van der Waals surface area contributed by atoms with Crippen LogP contribution in [0.1, 0.15) is 21.5 Å². The van der Waals surface area contributed by atoms with E-state index >= 15 is 0 Å². The van der Waals surface area contributed by atoms with Gasteiger partial charge < -0.3 is 9.73 Å². The molecule has 0 saturated heterocycles. The van der Waals surface area contributed by atoms with E-state index in [4.69, 9.17) is 4.42 Å². The number of amides is 1. The third-order valence-corrected chi connectivity index (χ3v) is 8.39. The fourth-order valence-corrected chi connectivity index (χ4v) is 5.92. The number of rotatable bonds is 5. The van der Waals surface area contributed by atoms with Gasteiger partial charge in [-0.3, -0.25) is 4.79 Å². The predicted octanol–water partition coefficient (Wildman–Crippen LogP) is 5.49. The summed E-state index contributed by atoms with van der Waals surface area (Å²) in [5, 5.41) is 2.85. The topological polar surface area (TPSA) is 92.5 Å². The Balaban J connectivity index is 1.14. The molecule has 1 amide bonds. The normalized spacial score (nSPS) is 13.8. The summed E-state index contributed by atoms with van der Waals surface area (Å²) >= 11 is 0. The maximum Gasteiger partial charge on any atom is 0.255 e. The van der Waals surface area contributed by atoms with Gasteiger partial charge in [0, 0.05) is 29.9 Å². The van der Waals surface area contributed by atoms with Gasteiger partial charge in [-0.25, -0.2) is 13.4 Å². The van der Waals surface area contributed by atoms with Crippen LogP contribution in [0.15, 0.2) is 106 Å². The molecule has 0 aliphatic carbocycles. The highest BCUT2D eigenvalue weighted by atomic mass is 32.2. The molecular formula is C29H23N3O4S. The predicted molar refractivity (Wildman–Crippen MR) is 142 cm³/mol. The maximum absolute atomic E-state index is 13.2. The van der Waals surface area contributed by atoms with Crippen LogP contribution in [0, 0.1) is 0 Å². The van der Waals surface area contributed by atoms with E-state index in [1.165, 1.54) is 34.1 Å². The van der Waals surface area contributed by atoms with Crippen LogP contribution in [-0.4, -0.2) is 30.2 Å². The van der Waals surface area contributed by atoms with Crippen molar-refractivity contribution in [1.29, 1.82) is 0 Å². The third-order valence-electron chi connectivity index (χ3n) is 6.53. The van der Waals surface area contributed by atoms with E-state index < -0.39 is 10.0 Å². The first-order chi connectivity index (χ1) is 18.0. The summed E-state index contributed by atoms with van der Waals surface area (Å²) in [6.07, 6.45) is 0.682. The lowest BCUT2D eigenvalue weighted by Crippen LogP contribution is -2.35. The third kappa shape index (κ3) is 4.52. The van der Waals surface area contributed by atoms with E-state index in [1.807, 2.05) is 60.7 Å². The number of hydrogen-bond acceptors (Lipinski definition) is 5. The highest BCUT2D eigenvalue weighted by Gasteiger charge is 2.28. The zero-order valence-electron chi connectivity index (χ0n) is 19.8. The number of para-hydroxylation sites is 2. The lowest BCUT2D eigenvalue weighted by molar-refractivity contribution is 0.102. The minimum absolute atomic E-state index is 0.172. The molecule has 0 bridgehead atoms. The number of benzene rings is 4. The van der Waals surface area contributed by atoms with E-state index in [-0.39, 0.29) is 10.8 Å². The van der Waals surface area contributed by atoms with Gasteiger partial charge >= 0.3 is 0 Å². The molecule has 0 unspecified atom stereocenters. The number of carbonyl (C=O) groups excluding carboxylic acids is 1. The van der Waals surface area contributed by atoms with Gasteiger partial charge in [0.25, 0.3) is 5.91 Å². The van der Waals surface area contributed by atoms with Crippen LogP contribution in [0.5, 0.6) is 0 Å². The molecule has 1 aliphatic rings. The molecule has 1 aliphatic heterocycles. The summed E-state index contributed by atoms with van der Waals surface area (Å²) in [4.78, 5) is 17.4. The number of oxazole rings is 1. The summed E-state index contributed by atoms with van der Waals surface area (Å²) in [6, 6.07) is 28.7. The molecule has 8 heteroatoms. The van der Waals surface area contributed by atoms with Crippen molar-refractivity contribution in [1.82, 2.24) is 9.29 Å². The Morgan fingerprint density at radius 3 is 2.30 bits per heavy atom. The minimum Gasteiger partial charge on any atom is -0.436 e. The average molecular weight is 510 g/mol. The van der Waals surface area contributed by atoms with E-state index in [9.17, 15) is 13.2 Å². The second-order valence-electron chi connectivity index (χ2n) is 8.90. The zero-order valence-corrected chi connectivity index (χ0v) is 20.6. The molecular weight excluding hydrogens is 486 g/mol. The molecule has 2 heterocycles. The van der Waals surface area contributed by atoms with E-state index in [1.54, 1.807) is 12.1 Å². The minimum atomic E-state index is -3.66. The fraction of sp³-hybridized carbons (Fsp3) is 0.103. The van der Waals surface area contributed by atoms with E-state index in [2.05, 4.69) is 10.3 Å². The summed E-state index contributed by atoms with van der Waals surface area (Å²) in [7, 11) is -3.66. The highest BCUT2D eigenvalue weighted by Crippen LogP contribution is 2.27. The molecule has 0 fully saturated rings. The molecule has 0 spiro atoms. The average Bonchev–Trinajstić information content (AvgIpc) is 3.38. The standard InChI is InChI=1S/C29H23N3O4S/c33-28(30-24-13-9-22(10-14-24)29-31-26-7-3-4-8-27(26)36-29)21-11-15-25(16-12-21)37(34,35)32-18-17-20-5-1-2-6-23(20)19-32/h1-16H,17-19H2,(H,30,33). The van der Waals surface area contributed by atoms with Crippen molar-refractivity contribution in [3.05, 3.63) is 114 Å². The lowest BCUT2D eigenvalue weighted by atomic mass is 10.0. The molecule has 184 valence electrons. The van der Waals surface area contributed by atoms with Crippen molar-refractivity contribution >= 4 is 32.7 Å². The SMILES string of the molecule is O=C(Nc1ccc(-c2nc3ccccc3o2)cc1)c1ccc(S(=O)(=O)N2CCc3ccccc3C2)cc1. The summed E-state index contributed by atoms with van der Waals surface area (Å²) in [5.74, 6) is 0.179. The second-order valence-corrected chi connectivity index (χ2v) is 10.8. The van der Waals surface area contributed by atoms with Gasteiger partial charge in [0.05, 0.1) is 4.90 Å². The molecule has 4 aromatic carbocycles. The number of carbonyl (C=O) groups is 1. The maximum atomic E-state index is 13.2. The van der Waals surface area contributed by atoms with Gasteiger partial charge in [-0.2, -0.15) is 4.31 Å². The molecule has 0 atom stereocenters. The van der Waals surface area contributed by atoms with Crippen LogP contribution in [-0.2, 0) is 23.0 Å². The van der Waals surface area contributed by atoms with Gasteiger partial charge in [-0.1, -0.05) is 36.4 Å². The molecule has 37 heavy (non-hydrogen) atoms. The fourth-order valence-electron chi connectivity index (χ4n) is 4.50. The summed E-state index contributed by atoms with van der Waals surface area (Å²) in [5.41, 5.74) is 5.47. The van der Waals surface area contributed by atoms with Crippen LogP contribution >= 0.6 is 0 Å². The molecule has 5 aromatic rings. The van der Waals surface area contributed by atoms with Crippen molar-refractivity contribution in [3.63, 3.8) is 0 Å². The number of fused-ring (bicyclic) bond motifs is 2.